The Hall–Kier alpha value is -1.95. The van der Waals surface area contributed by atoms with Crippen molar-refractivity contribution < 1.29 is 9.59 Å². The summed E-state index contributed by atoms with van der Waals surface area (Å²) in [5.74, 6) is 0. The second kappa shape index (κ2) is 7.69. The standard InChI is InChI=1S/C8H5NO.C3H6O/c9-5-7-3-1-2-4-8(7)6-10;1-2-3-4/h1-4,6H;3H,2H2,1H3. The number of benzene rings is 1. The lowest BCUT2D eigenvalue weighted by atomic mass is 10.1. The fraction of sp³-hybridized carbons (Fsp3) is 0.182. The number of carbonyl (C=O) groups is 2. The van der Waals surface area contributed by atoms with Crippen molar-refractivity contribution in [1.82, 2.24) is 0 Å². The number of nitrogens with zero attached hydrogens (tertiary/aromatic N) is 1. The number of carbonyl (C=O) groups excluding carboxylic acids is 2. The average molecular weight is 189 g/mol. The molecule has 0 spiro atoms. The van der Waals surface area contributed by atoms with Crippen molar-refractivity contribution >= 4 is 12.6 Å². The Labute approximate surface area is 83.0 Å². The van der Waals surface area contributed by atoms with E-state index in [9.17, 15) is 9.59 Å². The van der Waals surface area contributed by atoms with Gasteiger partial charge in [0.05, 0.1) is 11.6 Å². The van der Waals surface area contributed by atoms with Gasteiger partial charge in [-0.1, -0.05) is 25.1 Å². The predicted molar refractivity (Wildman–Crippen MR) is 52.9 cm³/mol. The van der Waals surface area contributed by atoms with Crippen LogP contribution in [-0.2, 0) is 4.79 Å². The Balaban J connectivity index is 0.000000364. The van der Waals surface area contributed by atoms with Gasteiger partial charge in [-0.05, 0) is 6.07 Å². The summed E-state index contributed by atoms with van der Waals surface area (Å²) in [7, 11) is 0. The van der Waals surface area contributed by atoms with Crippen molar-refractivity contribution in [3.8, 4) is 6.07 Å². The van der Waals surface area contributed by atoms with Crippen molar-refractivity contribution in [3.05, 3.63) is 35.4 Å². The normalized spacial score (nSPS) is 7.71. The molecule has 72 valence electrons. The van der Waals surface area contributed by atoms with Crippen LogP contribution in [0.15, 0.2) is 24.3 Å². The second-order valence-corrected chi connectivity index (χ2v) is 2.39. The van der Waals surface area contributed by atoms with E-state index in [2.05, 4.69) is 0 Å². The highest BCUT2D eigenvalue weighted by Crippen LogP contribution is 2.02. The van der Waals surface area contributed by atoms with Crippen molar-refractivity contribution in [2.45, 2.75) is 13.3 Å². The van der Waals surface area contributed by atoms with Gasteiger partial charge in [-0.2, -0.15) is 5.26 Å². The summed E-state index contributed by atoms with van der Waals surface area (Å²) in [6.07, 6.45) is 2.19. The van der Waals surface area contributed by atoms with E-state index >= 15 is 0 Å². The van der Waals surface area contributed by atoms with E-state index in [1.165, 1.54) is 0 Å². The quantitative estimate of drug-likeness (QED) is 0.668. The molecule has 1 aromatic rings. The zero-order chi connectivity index (χ0) is 10.8. The smallest absolute Gasteiger partial charge is 0.151 e. The molecule has 1 aromatic carbocycles. The number of hydrogen-bond acceptors (Lipinski definition) is 3. The van der Waals surface area contributed by atoms with Gasteiger partial charge < -0.3 is 4.79 Å². The molecule has 0 aromatic heterocycles. The maximum absolute atomic E-state index is 10.2. The molecule has 0 radical (unpaired) electrons. The van der Waals surface area contributed by atoms with Crippen LogP contribution in [0.4, 0.5) is 0 Å². The monoisotopic (exact) mass is 189 g/mol. The highest BCUT2D eigenvalue weighted by molar-refractivity contribution is 5.78. The lowest BCUT2D eigenvalue weighted by Crippen LogP contribution is -1.84. The number of nitriles is 1. The lowest BCUT2D eigenvalue weighted by Gasteiger charge is -1.89. The van der Waals surface area contributed by atoms with Crippen LogP contribution in [0.3, 0.4) is 0 Å². The third kappa shape index (κ3) is 4.17. The molecule has 3 heteroatoms. The molecule has 0 amide bonds. The van der Waals surface area contributed by atoms with Crippen LogP contribution < -0.4 is 0 Å². The van der Waals surface area contributed by atoms with E-state index in [1.54, 1.807) is 24.3 Å². The molecular weight excluding hydrogens is 178 g/mol. The highest BCUT2D eigenvalue weighted by Gasteiger charge is 1.95. The minimum absolute atomic E-state index is 0.428. The zero-order valence-electron chi connectivity index (χ0n) is 7.93. The van der Waals surface area contributed by atoms with Gasteiger partial charge >= 0.3 is 0 Å². The summed E-state index contributed by atoms with van der Waals surface area (Å²) >= 11 is 0. The molecule has 0 atom stereocenters. The molecule has 0 saturated carbocycles. The summed E-state index contributed by atoms with van der Waals surface area (Å²) < 4.78 is 0. The largest absolute Gasteiger partial charge is 0.303 e. The lowest BCUT2D eigenvalue weighted by molar-refractivity contribution is -0.107. The molecule has 0 bridgehead atoms. The molecule has 0 unspecified atom stereocenters. The van der Waals surface area contributed by atoms with Gasteiger partial charge in [-0.15, -0.1) is 0 Å². The summed E-state index contributed by atoms with van der Waals surface area (Å²) in [6, 6.07) is 8.60. The van der Waals surface area contributed by atoms with Crippen LogP contribution >= 0.6 is 0 Å². The molecular formula is C11H11NO2. The van der Waals surface area contributed by atoms with Gasteiger partial charge in [0.25, 0.3) is 0 Å². The minimum Gasteiger partial charge on any atom is -0.303 e. The van der Waals surface area contributed by atoms with Crippen LogP contribution in [0, 0.1) is 11.3 Å². The van der Waals surface area contributed by atoms with Gasteiger partial charge in [-0.25, -0.2) is 0 Å². The first-order valence-corrected chi connectivity index (χ1v) is 4.18. The molecule has 0 heterocycles. The van der Waals surface area contributed by atoms with Crippen LogP contribution in [0.2, 0.25) is 0 Å². The van der Waals surface area contributed by atoms with Gasteiger partial charge in [-0.3, -0.25) is 4.79 Å². The summed E-state index contributed by atoms with van der Waals surface area (Å²) in [4.78, 5) is 19.4. The van der Waals surface area contributed by atoms with Gasteiger partial charge in [0.1, 0.15) is 6.29 Å². The molecule has 0 N–H and O–H groups in total. The summed E-state index contributed by atoms with van der Waals surface area (Å²) in [6.45, 7) is 1.81. The molecule has 0 saturated heterocycles. The predicted octanol–water partition coefficient (Wildman–Crippen LogP) is 1.97. The molecule has 0 aliphatic carbocycles. The minimum atomic E-state index is 0.428. The van der Waals surface area contributed by atoms with Crippen LogP contribution in [-0.4, -0.2) is 12.6 Å². The van der Waals surface area contributed by atoms with Crippen LogP contribution in [0.1, 0.15) is 29.3 Å². The molecule has 3 nitrogen and oxygen atoms in total. The van der Waals surface area contributed by atoms with E-state index in [4.69, 9.17) is 5.26 Å². The van der Waals surface area contributed by atoms with Crippen molar-refractivity contribution in [3.63, 3.8) is 0 Å². The zero-order valence-corrected chi connectivity index (χ0v) is 7.93. The first-order valence-electron chi connectivity index (χ1n) is 4.18. The summed E-state index contributed by atoms with van der Waals surface area (Å²) in [5.41, 5.74) is 0.877. The maximum atomic E-state index is 10.2. The fourth-order valence-corrected chi connectivity index (χ4v) is 0.702. The maximum Gasteiger partial charge on any atom is 0.151 e. The number of hydrogen-bond donors (Lipinski definition) is 0. The van der Waals surface area contributed by atoms with Crippen LogP contribution in [0.5, 0.6) is 0 Å². The Bertz CT molecular complexity index is 339. The Kier molecular flexibility index (Phi) is 6.62. The second-order valence-electron chi connectivity index (χ2n) is 2.39. The van der Waals surface area contributed by atoms with Crippen molar-refractivity contribution in [2.75, 3.05) is 0 Å². The average Bonchev–Trinajstić information content (AvgIpc) is 2.29. The van der Waals surface area contributed by atoms with Gasteiger partial charge in [0.15, 0.2) is 6.29 Å². The Morgan fingerprint density at radius 2 is 1.93 bits per heavy atom. The van der Waals surface area contributed by atoms with Crippen molar-refractivity contribution in [2.24, 2.45) is 0 Å². The fourth-order valence-electron chi connectivity index (χ4n) is 0.702. The third-order valence-corrected chi connectivity index (χ3v) is 1.37. The first-order chi connectivity index (χ1) is 6.79. The summed E-state index contributed by atoms with van der Waals surface area (Å²) in [5, 5.41) is 8.44. The molecule has 0 fully saturated rings. The Morgan fingerprint density at radius 1 is 1.36 bits per heavy atom. The first kappa shape index (κ1) is 12.0. The van der Waals surface area contributed by atoms with E-state index in [0.29, 0.717) is 23.8 Å². The number of aldehydes is 2. The van der Waals surface area contributed by atoms with Gasteiger partial charge in [0.2, 0.25) is 0 Å². The van der Waals surface area contributed by atoms with Crippen LogP contribution in [0.25, 0.3) is 0 Å². The highest BCUT2D eigenvalue weighted by atomic mass is 16.1. The third-order valence-electron chi connectivity index (χ3n) is 1.37. The topological polar surface area (TPSA) is 57.9 Å². The molecule has 14 heavy (non-hydrogen) atoms. The van der Waals surface area contributed by atoms with E-state index in [0.717, 1.165) is 6.29 Å². The SMILES string of the molecule is CCC=O.N#Cc1ccccc1C=O. The van der Waals surface area contributed by atoms with E-state index < -0.39 is 0 Å². The molecule has 1 rings (SSSR count). The number of rotatable bonds is 2. The van der Waals surface area contributed by atoms with Crippen molar-refractivity contribution in [1.29, 1.82) is 5.26 Å². The van der Waals surface area contributed by atoms with Gasteiger partial charge in [0, 0.05) is 12.0 Å². The molecule has 0 aliphatic heterocycles. The van der Waals surface area contributed by atoms with E-state index in [1.807, 2.05) is 13.0 Å². The Morgan fingerprint density at radius 3 is 2.29 bits per heavy atom. The van der Waals surface area contributed by atoms with E-state index in [-0.39, 0.29) is 0 Å². The molecule has 0 aliphatic rings.